The number of nitrogens with one attached hydrogen (secondary N) is 5. The number of H-pyrrole nitrogens is 1. The predicted octanol–water partition coefficient (Wildman–Crippen LogP) is -2.54. The van der Waals surface area contributed by atoms with Crippen LogP contribution in [0, 0.1) is 5.92 Å². The number of fused-ring (bicyclic) bond motifs is 4. The summed E-state index contributed by atoms with van der Waals surface area (Å²) in [6.07, 6.45) is 1.90. The molecule has 0 bridgehead atoms. The molecule has 5 heterocycles. The lowest BCUT2D eigenvalue weighted by molar-refractivity contribution is -0.148. The average Bonchev–Trinajstić information content (AvgIpc) is 4.05. The minimum Gasteiger partial charge on any atom is -0.480 e. The van der Waals surface area contributed by atoms with Gasteiger partial charge in [0, 0.05) is 43.2 Å². The van der Waals surface area contributed by atoms with Crippen molar-refractivity contribution in [1.82, 2.24) is 45.9 Å². The molecule has 1 aromatic heterocycles. The van der Waals surface area contributed by atoms with E-state index in [2.05, 4.69) is 31.2 Å². The van der Waals surface area contributed by atoms with Gasteiger partial charge in [0.25, 0.3) is 0 Å². The maximum Gasteiger partial charge on any atom is 0.326 e. The third kappa shape index (κ3) is 15.0. The molecule has 0 saturated carbocycles. The van der Waals surface area contributed by atoms with E-state index in [4.69, 9.17) is 25.7 Å². The fourth-order valence-corrected chi connectivity index (χ4v) is 9.20. The van der Waals surface area contributed by atoms with Crippen LogP contribution in [0.5, 0.6) is 0 Å². The summed E-state index contributed by atoms with van der Waals surface area (Å²) in [5.41, 5.74) is 12.3. The van der Waals surface area contributed by atoms with Gasteiger partial charge < -0.3 is 57.0 Å². The van der Waals surface area contributed by atoms with Gasteiger partial charge >= 0.3 is 23.9 Å². The third-order valence-corrected chi connectivity index (χ3v) is 12.8. The quantitative estimate of drug-likeness (QED) is 0.0210. The summed E-state index contributed by atoms with van der Waals surface area (Å²) in [4.78, 5) is 120. The number of hydrogen-bond donors (Lipinski definition) is 8. The highest BCUT2D eigenvalue weighted by molar-refractivity contribution is 7.98. The second-order valence-electron chi connectivity index (χ2n) is 18.0. The molecule has 4 aliphatic heterocycles. The molecule has 378 valence electrons. The van der Waals surface area contributed by atoms with Gasteiger partial charge in [-0.1, -0.05) is 32.0 Å². The number of carbonyl (C=O) groups excluding carboxylic acids is 7. The maximum absolute atomic E-state index is 14.4. The Hall–Kier alpha value is -6.02. The van der Waals surface area contributed by atoms with E-state index in [9.17, 15) is 43.5 Å². The van der Waals surface area contributed by atoms with Gasteiger partial charge in [-0.15, -0.1) is 0 Å². The molecule has 4 saturated heterocycles. The minimum atomic E-state index is -1.30. The molecule has 7 atom stereocenters. The van der Waals surface area contributed by atoms with Crippen molar-refractivity contribution in [2.24, 2.45) is 22.4 Å². The lowest BCUT2D eigenvalue weighted by Gasteiger charge is -2.35. The Balaban J connectivity index is 1.19. The van der Waals surface area contributed by atoms with E-state index in [-0.39, 0.29) is 109 Å². The molecule has 0 aliphatic carbocycles. The summed E-state index contributed by atoms with van der Waals surface area (Å²) in [6.45, 7) is 4.42. The molecule has 4 amide bonds. The smallest absolute Gasteiger partial charge is 0.326 e. The van der Waals surface area contributed by atoms with E-state index >= 15 is 0 Å². The summed E-state index contributed by atoms with van der Waals surface area (Å²) < 4.78 is 16.9. The van der Waals surface area contributed by atoms with Crippen LogP contribution in [0.1, 0.15) is 45.1 Å². The van der Waals surface area contributed by atoms with Crippen molar-refractivity contribution in [2.75, 3.05) is 77.5 Å². The molecule has 0 radical (unpaired) electrons. The number of carbonyl (C=O) groups is 8. The number of carboxylic acid groups (broad SMARTS) is 1. The molecule has 0 spiro atoms. The largest absolute Gasteiger partial charge is 0.480 e. The number of nitrogens with zero attached hydrogens (tertiary/aromatic N) is 5. The number of guanidine groups is 1. The van der Waals surface area contributed by atoms with Crippen LogP contribution < -0.4 is 32.7 Å². The molecular formula is C44H64N12O12S. The van der Waals surface area contributed by atoms with Crippen LogP contribution in [0.4, 0.5) is 0 Å². The molecule has 2 aromatic rings. The van der Waals surface area contributed by atoms with Gasteiger partial charge in [0.1, 0.15) is 37.3 Å². The minimum absolute atomic E-state index is 0.0129. The Kier molecular flexibility index (Phi) is 18.6. The molecule has 4 fully saturated rings. The molecule has 25 heteroatoms. The molecule has 24 nitrogen and oxygen atoms in total. The van der Waals surface area contributed by atoms with E-state index < -0.39 is 90.4 Å². The van der Waals surface area contributed by atoms with Gasteiger partial charge in [0.05, 0.1) is 32.7 Å². The summed E-state index contributed by atoms with van der Waals surface area (Å²) in [6, 6.07) is 2.53. The van der Waals surface area contributed by atoms with Gasteiger partial charge in [-0.3, -0.25) is 58.2 Å². The predicted molar refractivity (Wildman–Crippen MR) is 251 cm³/mol. The van der Waals surface area contributed by atoms with Gasteiger partial charge in [-0.05, 0) is 55.2 Å². The summed E-state index contributed by atoms with van der Waals surface area (Å²) in [7, 11) is 0. The van der Waals surface area contributed by atoms with Crippen molar-refractivity contribution in [1.29, 1.82) is 0 Å². The standard InChI is InChI=1S/C44H64N12O12S/c1-25(2)15-31(49-33(57)18-53-12-13-54-22-37(58)67-35(54)20-56-24-39(60)68-36(56)21-55-23-38(59)66-34(55)19-53)41(62)52-32(16-26-17-48-28-8-5-4-7-27(26)28)42(63)50-29(10-14-69-3)40(61)51-30(43(64)65)9-6-11-47-44(45)46/h4-5,7-8,17,25,29-32,34-36,48H,6,9-16,18-24H2,1-3H3,(H,49,57)(H,50,63)(H,51,61)(H,52,62)(H,64,65)(H4,45,46,47)/t29-,30-,31-,32-,34?,35?,36?/m0/s1. The Morgan fingerprint density at radius 3 is 2.00 bits per heavy atom. The lowest BCUT2D eigenvalue weighted by atomic mass is 10.0. The zero-order chi connectivity index (χ0) is 49.8. The number of thioether (sulfide) groups is 1. The monoisotopic (exact) mass is 984 g/mol. The Morgan fingerprint density at radius 2 is 1.36 bits per heavy atom. The van der Waals surface area contributed by atoms with Gasteiger partial charge in [0.15, 0.2) is 24.6 Å². The van der Waals surface area contributed by atoms with Crippen molar-refractivity contribution in [3.63, 3.8) is 0 Å². The van der Waals surface area contributed by atoms with Crippen LogP contribution in [0.15, 0.2) is 35.5 Å². The van der Waals surface area contributed by atoms with Crippen LogP contribution in [0.2, 0.25) is 0 Å². The molecule has 4 aliphatic rings. The number of hydrogen-bond acceptors (Lipinski definition) is 17. The SMILES string of the molecule is CSCC[C@H](NC(=O)[C@H](Cc1c[nH]c2ccccc12)NC(=O)[C@H](CC(C)C)NC(=O)CN1CCN2CC(=O)OC2CN2CC(=O)OC2CN2CC(=O)OC2C1)C(=O)N[C@@H](CCCN=C(N)N)C(=O)O. The number of aromatic amines is 1. The van der Waals surface area contributed by atoms with Crippen molar-refractivity contribution < 1.29 is 57.7 Å². The average molecular weight is 985 g/mol. The zero-order valence-electron chi connectivity index (χ0n) is 39.1. The van der Waals surface area contributed by atoms with Gasteiger partial charge in [0.2, 0.25) is 23.6 Å². The Morgan fingerprint density at radius 1 is 0.783 bits per heavy atom. The normalized spacial score (nSPS) is 22.0. The van der Waals surface area contributed by atoms with Crippen molar-refractivity contribution in [3.05, 3.63) is 36.0 Å². The lowest BCUT2D eigenvalue weighted by Crippen LogP contribution is -2.59. The van der Waals surface area contributed by atoms with Crippen LogP contribution >= 0.6 is 11.8 Å². The number of carboxylic acids is 1. The first-order chi connectivity index (χ1) is 33.0. The van der Waals surface area contributed by atoms with Crippen LogP contribution in [0.3, 0.4) is 0 Å². The molecule has 3 unspecified atom stereocenters. The highest BCUT2D eigenvalue weighted by Crippen LogP contribution is 2.24. The fourth-order valence-electron chi connectivity index (χ4n) is 8.72. The van der Waals surface area contributed by atoms with E-state index in [0.717, 1.165) is 10.9 Å². The number of rotatable bonds is 21. The molecule has 6 rings (SSSR count). The number of nitrogens with two attached hydrogens (primary N) is 2. The molecule has 69 heavy (non-hydrogen) atoms. The first kappa shape index (κ1) is 52.4. The van der Waals surface area contributed by atoms with Gasteiger partial charge in [-0.25, -0.2) is 4.79 Å². The third-order valence-electron chi connectivity index (χ3n) is 12.2. The molecule has 10 N–H and O–H groups in total. The highest BCUT2D eigenvalue weighted by Gasteiger charge is 2.44. The Bertz CT molecular complexity index is 2220. The first-order valence-corrected chi connectivity index (χ1v) is 24.4. The van der Waals surface area contributed by atoms with Crippen LogP contribution in [-0.2, 0) is 59.0 Å². The summed E-state index contributed by atoms with van der Waals surface area (Å²) >= 11 is 1.42. The number of ether oxygens (including phenoxy) is 3. The number of para-hydroxylation sites is 1. The highest BCUT2D eigenvalue weighted by atomic mass is 32.2. The van der Waals surface area contributed by atoms with Gasteiger partial charge in [-0.2, -0.15) is 11.8 Å². The van der Waals surface area contributed by atoms with E-state index in [1.54, 1.807) is 25.8 Å². The number of esters is 3. The van der Waals surface area contributed by atoms with Crippen LogP contribution in [0.25, 0.3) is 10.9 Å². The van der Waals surface area contributed by atoms with Crippen molar-refractivity contribution in [2.45, 2.75) is 88.8 Å². The number of aliphatic imine (C=N–C) groups is 1. The van der Waals surface area contributed by atoms with Crippen LogP contribution in [-0.4, -0.2) is 203 Å². The summed E-state index contributed by atoms with van der Waals surface area (Å²) in [5, 5.41) is 21.7. The fraction of sp³-hybridized carbons (Fsp3) is 0.614. The first-order valence-electron chi connectivity index (χ1n) is 23.0. The number of aliphatic carboxylic acids is 1. The second kappa shape index (κ2) is 24.5. The number of amides is 4. The second-order valence-corrected chi connectivity index (χ2v) is 18.9. The summed E-state index contributed by atoms with van der Waals surface area (Å²) in [5.74, 6) is -5.12. The molecular weight excluding hydrogens is 921 g/mol. The number of aromatic nitrogens is 1. The van der Waals surface area contributed by atoms with Crippen molar-refractivity contribution in [3.8, 4) is 0 Å². The maximum atomic E-state index is 14.4. The Labute approximate surface area is 403 Å². The number of benzene rings is 1. The van der Waals surface area contributed by atoms with E-state index in [1.807, 2.05) is 44.4 Å². The topological polar surface area (TPSA) is 326 Å². The van der Waals surface area contributed by atoms with E-state index in [0.29, 0.717) is 11.3 Å². The molecule has 1 aromatic carbocycles. The van der Waals surface area contributed by atoms with E-state index in [1.165, 1.54) is 11.8 Å². The van der Waals surface area contributed by atoms with Crippen molar-refractivity contribution >= 4 is 76.1 Å². The zero-order valence-corrected chi connectivity index (χ0v) is 39.9.